The van der Waals surface area contributed by atoms with Crippen LogP contribution in [0.5, 0.6) is 0 Å². The second kappa shape index (κ2) is 8.21. The van der Waals surface area contributed by atoms with Crippen LogP contribution in [-0.4, -0.2) is 0 Å². The first-order chi connectivity index (χ1) is 19.8. The summed E-state index contributed by atoms with van der Waals surface area (Å²) in [5.74, 6) is 0. The van der Waals surface area contributed by atoms with Gasteiger partial charge in [0.1, 0.15) is 0 Å². The maximum absolute atomic E-state index is 3.61. The minimum Gasteiger partial charge on any atom is -0.381 e. The van der Waals surface area contributed by atoms with E-state index in [2.05, 4.69) is 138 Å². The lowest BCUT2D eigenvalue weighted by Gasteiger charge is -2.24. The van der Waals surface area contributed by atoms with Crippen molar-refractivity contribution in [3.63, 3.8) is 0 Å². The zero-order valence-corrected chi connectivity index (χ0v) is 21.9. The van der Waals surface area contributed by atoms with E-state index in [0.717, 1.165) is 0 Å². The van der Waals surface area contributed by atoms with Crippen LogP contribution in [0.1, 0.15) is 23.2 Å². The first-order valence-electron chi connectivity index (χ1n) is 14.0. The van der Waals surface area contributed by atoms with Gasteiger partial charge in [-0.1, -0.05) is 85.0 Å². The van der Waals surface area contributed by atoms with Crippen LogP contribution < -0.4 is 10.6 Å². The van der Waals surface area contributed by atoms with Gasteiger partial charge in [-0.25, -0.2) is 0 Å². The standard InChI is InChI=1S/C38H26N2/c1-2-12-25-24(11-1)28-21-35(37-16-4-6-18-40-37)33-20-30-27-14-8-10-23-9-7-13-26(38(23)27)29(30)19-31(33)32(28)22-34(25)36-15-3-5-17-39-36/h1-22,36-37,39-40H. The second-order valence-corrected chi connectivity index (χ2v) is 11.0. The van der Waals surface area contributed by atoms with Gasteiger partial charge in [0, 0.05) is 0 Å². The summed E-state index contributed by atoms with van der Waals surface area (Å²) in [5.41, 5.74) is 7.96. The quantitative estimate of drug-likeness (QED) is 0.226. The molecule has 2 heteroatoms. The molecular weight excluding hydrogens is 484 g/mol. The molecule has 40 heavy (non-hydrogen) atoms. The molecule has 2 heterocycles. The average Bonchev–Trinajstić information content (AvgIpc) is 3.34. The average molecular weight is 511 g/mol. The Labute approximate surface area is 232 Å². The molecule has 2 nitrogen and oxygen atoms in total. The third kappa shape index (κ3) is 2.99. The third-order valence-electron chi connectivity index (χ3n) is 8.91. The molecule has 188 valence electrons. The number of benzene rings is 6. The first kappa shape index (κ1) is 21.8. The van der Waals surface area contributed by atoms with E-state index in [4.69, 9.17) is 0 Å². The topological polar surface area (TPSA) is 24.1 Å². The van der Waals surface area contributed by atoms with Gasteiger partial charge in [0.15, 0.2) is 0 Å². The number of hydrogen-bond acceptors (Lipinski definition) is 2. The van der Waals surface area contributed by atoms with Crippen LogP contribution >= 0.6 is 0 Å². The van der Waals surface area contributed by atoms with Gasteiger partial charge in [0.25, 0.3) is 0 Å². The molecule has 0 fully saturated rings. The van der Waals surface area contributed by atoms with Gasteiger partial charge in [0.2, 0.25) is 0 Å². The number of nitrogens with one attached hydrogen (secondary N) is 2. The van der Waals surface area contributed by atoms with E-state index in [-0.39, 0.29) is 12.1 Å². The van der Waals surface area contributed by atoms with Crippen molar-refractivity contribution in [3.8, 4) is 22.3 Å². The summed E-state index contributed by atoms with van der Waals surface area (Å²) in [6.45, 7) is 0. The predicted molar refractivity (Wildman–Crippen MR) is 169 cm³/mol. The van der Waals surface area contributed by atoms with Crippen LogP contribution in [0.3, 0.4) is 0 Å². The summed E-state index contributed by atoms with van der Waals surface area (Å²) >= 11 is 0. The number of fused-ring (bicyclic) bond motifs is 8. The summed E-state index contributed by atoms with van der Waals surface area (Å²) in [6, 6.07) is 32.3. The van der Waals surface area contributed by atoms with Crippen molar-refractivity contribution in [1.82, 2.24) is 10.6 Å². The van der Waals surface area contributed by atoms with Gasteiger partial charge in [-0.15, -0.1) is 0 Å². The summed E-state index contributed by atoms with van der Waals surface area (Å²) in [5, 5.41) is 17.7. The summed E-state index contributed by atoms with van der Waals surface area (Å²) < 4.78 is 0. The molecule has 2 aliphatic heterocycles. The summed E-state index contributed by atoms with van der Waals surface area (Å²) in [4.78, 5) is 0. The fourth-order valence-corrected chi connectivity index (χ4v) is 7.13. The lowest BCUT2D eigenvalue weighted by molar-refractivity contribution is 0.752. The maximum Gasteiger partial charge on any atom is 0.0701 e. The molecule has 0 saturated carbocycles. The molecule has 6 aromatic rings. The highest BCUT2D eigenvalue weighted by molar-refractivity contribution is 6.23. The van der Waals surface area contributed by atoms with Crippen LogP contribution in [0.15, 0.2) is 134 Å². The highest BCUT2D eigenvalue weighted by Gasteiger charge is 2.25. The van der Waals surface area contributed by atoms with Crippen LogP contribution in [0.4, 0.5) is 0 Å². The molecule has 0 aromatic heterocycles. The van der Waals surface area contributed by atoms with Crippen molar-refractivity contribution in [1.29, 1.82) is 0 Å². The maximum atomic E-state index is 3.61. The third-order valence-corrected chi connectivity index (χ3v) is 8.91. The molecule has 9 rings (SSSR count). The molecule has 1 aliphatic carbocycles. The number of dihydropyridines is 2. The Morgan fingerprint density at radius 2 is 0.975 bits per heavy atom. The highest BCUT2D eigenvalue weighted by atomic mass is 14.9. The van der Waals surface area contributed by atoms with Gasteiger partial charge < -0.3 is 10.6 Å². The lowest BCUT2D eigenvalue weighted by atomic mass is 9.85. The van der Waals surface area contributed by atoms with Crippen molar-refractivity contribution in [2.75, 3.05) is 0 Å². The van der Waals surface area contributed by atoms with Crippen molar-refractivity contribution in [3.05, 3.63) is 145 Å². The van der Waals surface area contributed by atoms with Crippen molar-refractivity contribution >= 4 is 43.1 Å². The number of allylic oxidation sites excluding steroid dienone is 4. The number of rotatable bonds is 2. The van der Waals surface area contributed by atoms with Gasteiger partial charge in [-0.05, 0) is 125 Å². The Balaban J connectivity index is 1.44. The van der Waals surface area contributed by atoms with E-state index in [0.29, 0.717) is 0 Å². The first-order valence-corrected chi connectivity index (χ1v) is 14.0. The highest BCUT2D eigenvalue weighted by Crippen LogP contribution is 2.50. The van der Waals surface area contributed by atoms with Gasteiger partial charge in [0.05, 0.1) is 12.1 Å². The molecule has 0 spiro atoms. The van der Waals surface area contributed by atoms with Gasteiger partial charge in [-0.3, -0.25) is 0 Å². The fraction of sp³-hybridized carbons (Fsp3) is 0.0526. The molecular formula is C38H26N2. The Bertz CT molecular complexity index is 2170. The van der Waals surface area contributed by atoms with Gasteiger partial charge in [-0.2, -0.15) is 0 Å². The molecule has 2 N–H and O–H groups in total. The second-order valence-electron chi connectivity index (χ2n) is 11.0. The monoisotopic (exact) mass is 510 g/mol. The zero-order chi connectivity index (χ0) is 26.2. The SMILES string of the molecule is C1=CNC(c2cc3c4cc5c(cc4c(C4C=CC=CN4)cc3c3ccccc23)-c2cccc3cccc-5c23)C=C1. The predicted octanol–water partition coefficient (Wildman–Crippen LogP) is 9.38. The van der Waals surface area contributed by atoms with Crippen molar-refractivity contribution < 1.29 is 0 Å². The molecule has 6 aromatic carbocycles. The van der Waals surface area contributed by atoms with Crippen LogP contribution in [0.2, 0.25) is 0 Å². The fourth-order valence-electron chi connectivity index (χ4n) is 7.13. The van der Waals surface area contributed by atoms with E-state index in [9.17, 15) is 0 Å². The zero-order valence-electron chi connectivity index (χ0n) is 21.9. The normalized spacial score (nSPS) is 18.5. The molecule has 2 unspecified atom stereocenters. The molecule has 0 bridgehead atoms. The van der Waals surface area contributed by atoms with Crippen LogP contribution in [0, 0.1) is 0 Å². The van der Waals surface area contributed by atoms with Crippen molar-refractivity contribution in [2.24, 2.45) is 0 Å². The van der Waals surface area contributed by atoms with E-state index < -0.39 is 0 Å². The molecule has 0 radical (unpaired) electrons. The minimum atomic E-state index is 0.112. The van der Waals surface area contributed by atoms with E-state index in [1.54, 1.807) is 0 Å². The van der Waals surface area contributed by atoms with Crippen LogP contribution in [0.25, 0.3) is 65.3 Å². The Kier molecular flexibility index (Phi) is 4.48. The Hall–Kier alpha value is -5.08. The van der Waals surface area contributed by atoms with E-state index >= 15 is 0 Å². The molecule has 3 aliphatic rings. The number of hydrogen-bond donors (Lipinski definition) is 2. The van der Waals surface area contributed by atoms with Crippen LogP contribution in [-0.2, 0) is 0 Å². The lowest BCUT2D eigenvalue weighted by Crippen LogP contribution is -2.16. The summed E-state index contributed by atoms with van der Waals surface area (Å²) in [7, 11) is 0. The molecule has 2 atom stereocenters. The molecule has 0 saturated heterocycles. The smallest absolute Gasteiger partial charge is 0.0701 e. The molecule has 0 amide bonds. The minimum absolute atomic E-state index is 0.112. The Morgan fingerprint density at radius 1 is 0.425 bits per heavy atom. The van der Waals surface area contributed by atoms with Gasteiger partial charge >= 0.3 is 0 Å². The van der Waals surface area contributed by atoms with E-state index in [1.807, 2.05) is 6.20 Å². The van der Waals surface area contributed by atoms with E-state index in [1.165, 1.54) is 76.5 Å². The summed E-state index contributed by atoms with van der Waals surface area (Å²) in [6.07, 6.45) is 17.0. The largest absolute Gasteiger partial charge is 0.381 e. The van der Waals surface area contributed by atoms with Crippen molar-refractivity contribution in [2.45, 2.75) is 12.1 Å². The Morgan fingerprint density at radius 3 is 1.60 bits per heavy atom.